The SMILES string of the molecule is CCOc1cc(C=C2SC(=S)N(C(CC(C)C)C(=O)O)C2=O)ccc1O. The van der Waals surface area contributed by atoms with Crippen LogP contribution in [0.2, 0.25) is 0 Å². The molecule has 26 heavy (non-hydrogen) atoms. The van der Waals surface area contributed by atoms with Gasteiger partial charge in [0.05, 0.1) is 11.5 Å². The molecule has 1 unspecified atom stereocenters. The maximum atomic E-state index is 12.7. The zero-order valence-electron chi connectivity index (χ0n) is 14.8. The minimum Gasteiger partial charge on any atom is -0.504 e. The summed E-state index contributed by atoms with van der Waals surface area (Å²) in [5.41, 5.74) is 0.655. The molecule has 1 atom stereocenters. The maximum Gasteiger partial charge on any atom is 0.326 e. The molecule has 1 aliphatic rings. The topological polar surface area (TPSA) is 87.1 Å². The number of phenols is 1. The lowest BCUT2D eigenvalue weighted by Crippen LogP contribution is -2.44. The third-order valence-corrected chi connectivity index (χ3v) is 5.03. The number of nitrogens with zero attached hydrogens (tertiary/aromatic N) is 1. The van der Waals surface area contributed by atoms with Crippen LogP contribution >= 0.6 is 24.0 Å². The number of thiocarbonyl (C=S) groups is 1. The summed E-state index contributed by atoms with van der Waals surface area (Å²) < 4.78 is 5.57. The molecular formula is C18H21NO5S2. The van der Waals surface area contributed by atoms with Crippen molar-refractivity contribution in [1.82, 2.24) is 4.90 Å². The van der Waals surface area contributed by atoms with Crippen LogP contribution in [0.3, 0.4) is 0 Å². The van der Waals surface area contributed by atoms with Crippen LogP contribution in [0.25, 0.3) is 6.08 Å². The van der Waals surface area contributed by atoms with E-state index in [9.17, 15) is 19.8 Å². The summed E-state index contributed by atoms with van der Waals surface area (Å²) in [5.74, 6) is -1.05. The highest BCUT2D eigenvalue weighted by atomic mass is 32.2. The normalized spacial score (nSPS) is 17.2. The van der Waals surface area contributed by atoms with Crippen LogP contribution in [0.15, 0.2) is 23.1 Å². The van der Waals surface area contributed by atoms with Gasteiger partial charge in [0.25, 0.3) is 5.91 Å². The minimum absolute atomic E-state index is 0.0134. The molecule has 1 aliphatic heterocycles. The fraction of sp³-hybridized carbons (Fsp3) is 0.389. The van der Waals surface area contributed by atoms with E-state index in [0.717, 1.165) is 11.8 Å². The lowest BCUT2D eigenvalue weighted by Gasteiger charge is -2.24. The van der Waals surface area contributed by atoms with Crippen LogP contribution in [0.5, 0.6) is 11.5 Å². The summed E-state index contributed by atoms with van der Waals surface area (Å²) in [4.78, 5) is 25.9. The first-order valence-corrected chi connectivity index (χ1v) is 9.42. The van der Waals surface area contributed by atoms with Gasteiger partial charge in [-0.15, -0.1) is 0 Å². The van der Waals surface area contributed by atoms with Gasteiger partial charge in [-0.2, -0.15) is 0 Å². The van der Waals surface area contributed by atoms with Crippen molar-refractivity contribution in [1.29, 1.82) is 0 Å². The van der Waals surface area contributed by atoms with Gasteiger partial charge in [-0.25, -0.2) is 4.79 Å². The van der Waals surface area contributed by atoms with Crippen molar-refractivity contribution in [2.45, 2.75) is 33.2 Å². The Balaban J connectivity index is 2.31. The lowest BCUT2D eigenvalue weighted by atomic mass is 10.0. The largest absolute Gasteiger partial charge is 0.504 e. The molecule has 0 aliphatic carbocycles. The van der Waals surface area contributed by atoms with E-state index in [1.165, 1.54) is 11.0 Å². The number of carbonyl (C=O) groups is 2. The summed E-state index contributed by atoms with van der Waals surface area (Å²) in [6.07, 6.45) is 1.94. The number of rotatable bonds is 7. The highest BCUT2D eigenvalue weighted by Crippen LogP contribution is 2.36. The molecule has 2 rings (SSSR count). The monoisotopic (exact) mass is 395 g/mol. The van der Waals surface area contributed by atoms with E-state index < -0.39 is 17.9 Å². The molecule has 1 fully saturated rings. The van der Waals surface area contributed by atoms with Crippen LogP contribution in [0, 0.1) is 5.92 Å². The van der Waals surface area contributed by atoms with Gasteiger partial charge < -0.3 is 14.9 Å². The third-order valence-electron chi connectivity index (χ3n) is 3.70. The second-order valence-corrected chi connectivity index (χ2v) is 7.87. The average Bonchev–Trinajstić information content (AvgIpc) is 2.82. The van der Waals surface area contributed by atoms with E-state index >= 15 is 0 Å². The number of hydrogen-bond acceptors (Lipinski definition) is 6. The van der Waals surface area contributed by atoms with Gasteiger partial charge in [0, 0.05) is 0 Å². The van der Waals surface area contributed by atoms with Gasteiger partial charge in [-0.05, 0) is 43.0 Å². The van der Waals surface area contributed by atoms with Gasteiger partial charge in [0.1, 0.15) is 10.4 Å². The number of phenolic OH excluding ortho intramolecular Hbond substituents is 1. The first kappa shape index (κ1) is 20.3. The summed E-state index contributed by atoms with van der Waals surface area (Å²) in [5, 5.41) is 19.3. The van der Waals surface area contributed by atoms with E-state index in [-0.39, 0.29) is 16.0 Å². The molecule has 140 valence electrons. The first-order valence-electron chi connectivity index (χ1n) is 8.20. The van der Waals surface area contributed by atoms with Crippen molar-refractivity contribution in [2.75, 3.05) is 6.61 Å². The standard InChI is InChI=1S/C18H21NO5S2/c1-4-24-14-8-11(5-6-13(14)20)9-15-16(21)19(18(25)26-15)12(17(22)23)7-10(2)3/h5-6,8-10,12,20H,4,7H2,1-3H3,(H,22,23). The Morgan fingerprint density at radius 3 is 2.69 bits per heavy atom. The molecule has 0 aromatic heterocycles. The molecule has 0 saturated carbocycles. The molecule has 2 N–H and O–H groups in total. The quantitative estimate of drug-likeness (QED) is 0.540. The Morgan fingerprint density at radius 2 is 2.12 bits per heavy atom. The van der Waals surface area contributed by atoms with Gasteiger partial charge in [-0.3, -0.25) is 9.69 Å². The van der Waals surface area contributed by atoms with E-state index in [0.29, 0.717) is 29.2 Å². The lowest BCUT2D eigenvalue weighted by molar-refractivity contribution is -0.145. The van der Waals surface area contributed by atoms with Crippen molar-refractivity contribution in [3.8, 4) is 11.5 Å². The first-order chi connectivity index (χ1) is 12.2. The van der Waals surface area contributed by atoms with Crippen molar-refractivity contribution in [3.63, 3.8) is 0 Å². The second kappa shape index (κ2) is 8.55. The van der Waals surface area contributed by atoms with Crippen molar-refractivity contribution < 1.29 is 24.5 Å². The smallest absolute Gasteiger partial charge is 0.326 e. The summed E-state index contributed by atoms with van der Waals surface area (Å²) in [7, 11) is 0. The molecule has 8 heteroatoms. The van der Waals surface area contributed by atoms with E-state index in [1.807, 2.05) is 13.8 Å². The molecule has 0 bridgehead atoms. The van der Waals surface area contributed by atoms with Crippen LogP contribution in [-0.2, 0) is 9.59 Å². The van der Waals surface area contributed by atoms with Gasteiger partial charge >= 0.3 is 5.97 Å². The Morgan fingerprint density at radius 1 is 1.42 bits per heavy atom. The van der Waals surface area contributed by atoms with E-state index in [1.54, 1.807) is 25.1 Å². The molecule has 1 aromatic carbocycles. The number of benzene rings is 1. The maximum absolute atomic E-state index is 12.7. The number of hydrogen-bond donors (Lipinski definition) is 2. The van der Waals surface area contributed by atoms with Crippen LogP contribution in [0.4, 0.5) is 0 Å². The Labute approximate surface area is 161 Å². The van der Waals surface area contributed by atoms with Crippen molar-refractivity contribution in [3.05, 3.63) is 28.7 Å². The number of aromatic hydroxyl groups is 1. The van der Waals surface area contributed by atoms with E-state index in [4.69, 9.17) is 17.0 Å². The van der Waals surface area contributed by atoms with Crippen LogP contribution in [0.1, 0.15) is 32.8 Å². The number of carbonyl (C=O) groups excluding carboxylic acids is 1. The van der Waals surface area contributed by atoms with Crippen molar-refractivity contribution in [2.24, 2.45) is 5.92 Å². The number of ether oxygens (including phenoxy) is 1. The number of amides is 1. The zero-order valence-corrected chi connectivity index (χ0v) is 16.4. The van der Waals surface area contributed by atoms with Crippen LogP contribution in [-0.4, -0.2) is 44.0 Å². The third kappa shape index (κ3) is 4.56. The summed E-state index contributed by atoms with van der Waals surface area (Å²) >= 11 is 6.32. The Kier molecular flexibility index (Phi) is 6.66. The van der Waals surface area contributed by atoms with Crippen LogP contribution < -0.4 is 4.74 Å². The fourth-order valence-corrected chi connectivity index (χ4v) is 3.91. The minimum atomic E-state index is -1.07. The molecular weight excluding hydrogens is 374 g/mol. The number of thioether (sulfide) groups is 1. The zero-order chi connectivity index (χ0) is 19.4. The molecule has 1 amide bonds. The predicted molar refractivity (Wildman–Crippen MR) is 105 cm³/mol. The molecule has 1 saturated heterocycles. The summed E-state index contributed by atoms with van der Waals surface area (Å²) in [6.45, 7) is 6.00. The molecule has 0 spiro atoms. The van der Waals surface area contributed by atoms with Gasteiger partial charge in [0.15, 0.2) is 11.5 Å². The van der Waals surface area contributed by atoms with Gasteiger partial charge in [-0.1, -0.05) is 43.9 Å². The van der Waals surface area contributed by atoms with E-state index in [2.05, 4.69) is 0 Å². The Bertz CT molecular complexity index is 760. The molecule has 1 aromatic rings. The number of aliphatic carboxylic acids is 1. The average molecular weight is 396 g/mol. The molecule has 0 radical (unpaired) electrons. The number of carboxylic acids is 1. The summed E-state index contributed by atoms with van der Waals surface area (Å²) in [6, 6.07) is 3.77. The molecule has 1 heterocycles. The fourth-order valence-electron chi connectivity index (χ4n) is 2.55. The number of carboxylic acid groups (broad SMARTS) is 1. The predicted octanol–water partition coefficient (Wildman–Crippen LogP) is 3.49. The highest BCUT2D eigenvalue weighted by molar-refractivity contribution is 8.26. The molecule has 6 nitrogen and oxygen atoms in total. The second-order valence-electron chi connectivity index (χ2n) is 6.20. The Hall–Kier alpha value is -2.06. The van der Waals surface area contributed by atoms with Gasteiger partial charge in [0.2, 0.25) is 0 Å². The van der Waals surface area contributed by atoms with Crippen molar-refractivity contribution >= 4 is 46.3 Å². The highest BCUT2D eigenvalue weighted by Gasteiger charge is 2.40.